The van der Waals surface area contributed by atoms with Gasteiger partial charge in [0, 0.05) is 12.8 Å². The lowest BCUT2D eigenvalue weighted by Crippen LogP contribution is -2.56. The van der Waals surface area contributed by atoms with Crippen LogP contribution in [0.15, 0.2) is 24.3 Å². The summed E-state index contributed by atoms with van der Waals surface area (Å²) in [7, 11) is 0. The first kappa shape index (κ1) is 27.8. The average molecular weight is 481 g/mol. The number of phenolic OH excluding ortho intramolecular Hbond substituents is 1. The number of nitrogens with two attached hydrogens (primary N) is 2. The fraction of sp³-hybridized carbons (Fsp3) is 0.400. The number of rotatable bonds is 14. The Morgan fingerprint density at radius 1 is 0.853 bits per heavy atom. The van der Waals surface area contributed by atoms with E-state index in [2.05, 4.69) is 16.0 Å². The van der Waals surface area contributed by atoms with Gasteiger partial charge >= 0.3 is 11.9 Å². The molecule has 0 bridgehead atoms. The normalized spacial score (nSPS) is 13.1. The third-order valence-corrected chi connectivity index (χ3v) is 4.47. The first-order chi connectivity index (χ1) is 15.9. The molecule has 3 unspecified atom stereocenters. The van der Waals surface area contributed by atoms with Crippen molar-refractivity contribution < 1.29 is 44.1 Å². The van der Waals surface area contributed by atoms with Crippen LogP contribution in [0.1, 0.15) is 24.8 Å². The van der Waals surface area contributed by atoms with E-state index in [1.165, 1.54) is 24.3 Å². The molecule has 14 heteroatoms. The quantitative estimate of drug-likeness (QED) is 0.135. The van der Waals surface area contributed by atoms with E-state index in [0.29, 0.717) is 5.56 Å². The summed E-state index contributed by atoms with van der Waals surface area (Å²) in [5, 5.41) is 33.7. The van der Waals surface area contributed by atoms with Crippen molar-refractivity contribution in [3.63, 3.8) is 0 Å². The maximum absolute atomic E-state index is 12.9. The number of phenols is 1. The number of hydrogen-bond donors (Lipinski definition) is 8. The highest BCUT2D eigenvalue weighted by Crippen LogP contribution is 2.12. The summed E-state index contributed by atoms with van der Waals surface area (Å²) in [6.07, 6.45) is -1.40. The Labute approximate surface area is 193 Å². The van der Waals surface area contributed by atoms with Crippen molar-refractivity contribution in [1.82, 2.24) is 16.0 Å². The molecule has 186 valence electrons. The number of nitrogens with one attached hydrogen (secondary N) is 3. The van der Waals surface area contributed by atoms with Gasteiger partial charge in [0.25, 0.3) is 0 Å². The topological polar surface area (TPSA) is 251 Å². The third kappa shape index (κ3) is 10.4. The Kier molecular flexibility index (Phi) is 10.9. The molecule has 4 amide bonds. The Morgan fingerprint density at radius 3 is 1.97 bits per heavy atom. The van der Waals surface area contributed by atoms with Crippen LogP contribution in [0, 0.1) is 0 Å². The van der Waals surface area contributed by atoms with Gasteiger partial charge in [-0.2, -0.15) is 0 Å². The molecule has 0 radical (unpaired) electrons. The Morgan fingerprint density at radius 2 is 1.44 bits per heavy atom. The monoisotopic (exact) mass is 481 g/mol. The van der Waals surface area contributed by atoms with Gasteiger partial charge < -0.3 is 42.7 Å². The fourth-order valence-corrected chi connectivity index (χ4v) is 2.75. The van der Waals surface area contributed by atoms with Crippen molar-refractivity contribution in [2.45, 2.75) is 43.8 Å². The van der Waals surface area contributed by atoms with Crippen LogP contribution < -0.4 is 27.4 Å². The van der Waals surface area contributed by atoms with E-state index in [4.69, 9.17) is 21.7 Å². The van der Waals surface area contributed by atoms with Crippen molar-refractivity contribution in [3.8, 4) is 5.75 Å². The zero-order valence-corrected chi connectivity index (χ0v) is 18.0. The second-order valence-electron chi connectivity index (χ2n) is 7.31. The number of aliphatic carboxylic acids is 2. The van der Waals surface area contributed by atoms with Crippen LogP contribution >= 0.6 is 0 Å². The van der Waals surface area contributed by atoms with Crippen molar-refractivity contribution in [3.05, 3.63) is 29.8 Å². The van der Waals surface area contributed by atoms with Gasteiger partial charge in [-0.05, 0) is 24.1 Å². The van der Waals surface area contributed by atoms with Gasteiger partial charge in [-0.3, -0.25) is 28.8 Å². The zero-order valence-electron chi connectivity index (χ0n) is 18.0. The summed E-state index contributed by atoms with van der Waals surface area (Å²) < 4.78 is 0. The molecule has 0 spiro atoms. The molecule has 0 saturated carbocycles. The molecular weight excluding hydrogens is 454 g/mol. The van der Waals surface area contributed by atoms with Crippen molar-refractivity contribution >= 4 is 35.6 Å². The minimum absolute atomic E-state index is 0.0356. The van der Waals surface area contributed by atoms with E-state index in [-0.39, 0.29) is 25.0 Å². The first-order valence-corrected chi connectivity index (χ1v) is 10.0. The number of carbonyl (C=O) groups excluding carboxylic acids is 4. The van der Waals surface area contributed by atoms with Gasteiger partial charge in [-0.15, -0.1) is 0 Å². The summed E-state index contributed by atoms with van der Waals surface area (Å²) in [6.45, 7) is -0.716. The minimum atomic E-state index is -1.48. The number of aromatic hydroxyl groups is 1. The highest BCUT2D eigenvalue weighted by molar-refractivity contribution is 5.94. The van der Waals surface area contributed by atoms with E-state index >= 15 is 0 Å². The maximum atomic E-state index is 12.9. The standard InChI is InChI=1S/C20H27N5O9/c21-12(8-16(28)29)18(32)24-13(5-6-15(22)27)20(34)25-14(19(33)23-9-17(30)31)7-10-1-3-11(26)4-2-10/h1-4,12-14,26H,5-9,21H2,(H2,22,27)(H,23,33)(H,24,32)(H,25,34)(H,28,29)(H,30,31). The molecule has 0 aliphatic heterocycles. The van der Waals surface area contributed by atoms with Gasteiger partial charge in [0.05, 0.1) is 12.5 Å². The molecule has 10 N–H and O–H groups in total. The SMILES string of the molecule is NC(=O)CCC(NC(=O)C(N)CC(=O)O)C(=O)NC(Cc1ccc(O)cc1)C(=O)NCC(=O)O. The Bertz CT molecular complexity index is 920. The molecule has 14 nitrogen and oxygen atoms in total. The molecular formula is C20H27N5O9. The minimum Gasteiger partial charge on any atom is -0.508 e. The number of hydrogen-bond acceptors (Lipinski definition) is 8. The number of carbonyl (C=O) groups is 6. The van der Waals surface area contributed by atoms with Crippen LogP contribution in [-0.2, 0) is 35.2 Å². The average Bonchev–Trinajstić information content (AvgIpc) is 2.74. The van der Waals surface area contributed by atoms with E-state index in [0.717, 1.165) is 0 Å². The van der Waals surface area contributed by atoms with E-state index in [9.17, 15) is 33.9 Å². The number of amides is 4. The predicted molar refractivity (Wildman–Crippen MR) is 115 cm³/mol. The lowest BCUT2D eigenvalue weighted by atomic mass is 10.0. The molecule has 1 rings (SSSR count). The van der Waals surface area contributed by atoms with Crippen LogP contribution in [0.3, 0.4) is 0 Å². The molecule has 1 aromatic rings. The Balaban J connectivity index is 3.05. The van der Waals surface area contributed by atoms with Gasteiger partial charge in [-0.1, -0.05) is 12.1 Å². The van der Waals surface area contributed by atoms with Crippen LogP contribution in [0.25, 0.3) is 0 Å². The van der Waals surface area contributed by atoms with E-state index < -0.39 is 66.7 Å². The molecule has 0 aliphatic rings. The molecule has 0 aliphatic carbocycles. The highest BCUT2D eigenvalue weighted by atomic mass is 16.4. The number of benzene rings is 1. The summed E-state index contributed by atoms with van der Waals surface area (Å²) >= 11 is 0. The smallest absolute Gasteiger partial charge is 0.322 e. The van der Waals surface area contributed by atoms with E-state index in [1.54, 1.807) is 0 Å². The van der Waals surface area contributed by atoms with Crippen molar-refractivity contribution in [2.75, 3.05) is 6.54 Å². The fourth-order valence-electron chi connectivity index (χ4n) is 2.75. The summed E-state index contributed by atoms with van der Waals surface area (Å²) in [4.78, 5) is 70.3. The largest absolute Gasteiger partial charge is 0.508 e. The molecule has 0 fully saturated rings. The molecule has 1 aromatic carbocycles. The number of carboxylic acid groups (broad SMARTS) is 2. The molecule has 3 atom stereocenters. The predicted octanol–water partition coefficient (Wildman–Crippen LogP) is -2.83. The van der Waals surface area contributed by atoms with Gasteiger partial charge in [0.1, 0.15) is 24.4 Å². The number of carboxylic acids is 2. The van der Waals surface area contributed by atoms with Crippen LogP contribution in [0.4, 0.5) is 0 Å². The van der Waals surface area contributed by atoms with Gasteiger partial charge in [0.2, 0.25) is 23.6 Å². The third-order valence-electron chi connectivity index (χ3n) is 4.47. The number of primary amides is 1. The second-order valence-corrected chi connectivity index (χ2v) is 7.31. The van der Waals surface area contributed by atoms with Crippen LogP contribution in [0.2, 0.25) is 0 Å². The summed E-state index contributed by atoms with van der Waals surface area (Å²) in [6, 6.07) is 1.50. The summed E-state index contributed by atoms with van der Waals surface area (Å²) in [5.41, 5.74) is 11.1. The molecule has 0 saturated heterocycles. The Hall–Kier alpha value is -4.20. The van der Waals surface area contributed by atoms with Gasteiger partial charge in [0.15, 0.2) is 0 Å². The second kappa shape index (κ2) is 13.4. The van der Waals surface area contributed by atoms with Crippen molar-refractivity contribution in [1.29, 1.82) is 0 Å². The molecule has 0 aromatic heterocycles. The van der Waals surface area contributed by atoms with Gasteiger partial charge in [-0.25, -0.2) is 0 Å². The lowest BCUT2D eigenvalue weighted by molar-refractivity contribution is -0.139. The summed E-state index contributed by atoms with van der Waals surface area (Å²) in [5.74, 6) is -6.20. The van der Waals surface area contributed by atoms with Crippen LogP contribution in [0.5, 0.6) is 5.75 Å². The first-order valence-electron chi connectivity index (χ1n) is 10.0. The van der Waals surface area contributed by atoms with E-state index in [1.807, 2.05) is 0 Å². The van der Waals surface area contributed by atoms with Crippen molar-refractivity contribution in [2.24, 2.45) is 11.5 Å². The zero-order chi connectivity index (χ0) is 25.8. The lowest BCUT2D eigenvalue weighted by Gasteiger charge is -2.24. The molecule has 34 heavy (non-hydrogen) atoms. The maximum Gasteiger partial charge on any atom is 0.322 e. The van der Waals surface area contributed by atoms with Crippen LogP contribution in [-0.4, -0.2) is 75.6 Å². The highest BCUT2D eigenvalue weighted by Gasteiger charge is 2.29. The molecule has 0 heterocycles.